The van der Waals surface area contributed by atoms with E-state index in [2.05, 4.69) is 6.58 Å². The Hall–Kier alpha value is -1.80. The van der Waals surface area contributed by atoms with Crippen molar-refractivity contribution < 1.29 is 52.5 Å². The van der Waals surface area contributed by atoms with Gasteiger partial charge in [-0.15, -0.1) is 6.58 Å². The summed E-state index contributed by atoms with van der Waals surface area (Å²) in [6, 6.07) is 5.85. The molecule has 11 nitrogen and oxygen atoms in total. The van der Waals surface area contributed by atoms with E-state index < -0.39 is 0 Å². The minimum Gasteiger partial charge on any atom is -0.493 e. The number of ether oxygens (including phenoxy) is 10. The zero-order valence-corrected chi connectivity index (χ0v) is 23.5. The van der Waals surface area contributed by atoms with Crippen LogP contribution in [0.2, 0.25) is 0 Å². The molecule has 0 unspecified atom stereocenters. The van der Waals surface area contributed by atoms with Crippen molar-refractivity contribution in [2.24, 2.45) is 0 Å². The molecule has 0 bridgehead atoms. The van der Waals surface area contributed by atoms with Crippen LogP contribution in [0, 0.1) is 0 Å². The van der Waals surface area contributed by atoms with E-state index in [4.69, 9.17) is 52.5 Å². The summed E-state index contributed by atoms with van der Waals surface area (Å²) in [5.74, 6) is 1.40. The highest BCUT2D eigenvalue weighted by atomic mass is 16.6. The molecule has 1 aromatic carbocycles. The fraction of sp³-hybridized carbons (Fsp3) is 0.714. The van der Waals surface area contributed by atoms with E-state index in [9.17, 15) is 0 Å². The van der Waals surface area contributed by atoms with Crippen LogP contribution in [0.3, 0.4) is 0 Å². The third-order valence-electron chi connectivity index (χ3n) is 4.93. The van der Waals surface area contributed by atoms with Gasteiger partial charge in [-0.25, -0.2) is 0 Å². The maximum atomic E-state index is 8.57. The number of aliphatic hydroxyl groups is 1. The molecule has 0 atom stereocenters. The van der Waals surface area contributed by atoms with E-state index in [0.29, 0.717) is 124 Å². The molecular formula is C28H48O11. The van der Waals surface area contributed by atoms with Gasteiger partial charge in [0.05, 0.1) is 119 Å². The van der Waals surface area contributed by atoms with Crippen LogP contribution in [-0.4, -0.2) is 131 Å². The van der Waals surface area contributed by atoms with Gasteiger partial charge >= 0.3 is 0 Å². The monoisotopic (exact) mass is 560 g/mol. The number of hydrogen-bond donors (Lipinski definition) is 1. The Balaban J connectivity index is 1.75. The van der Waals surface area contributed by atoms with Crippen molar-refractivity contribution in [2.45, 2.75) is 6.42 Å². The van der Waals surface area contributed by atoms with Crippen LogP contribution in [0.5, 0.6) is 11.5 Å². The Morgan fingerprint density at radius 3 is 1.31 bits per heavy atom. The molecular weight excluding hydrogens is 512 g/mol. The van der Waals surface area contributed by atoms with Gasteiger partial charge in [0.1, 0.15) is 6.61 Å². The molecule has 1 rings (SSSR count). The molecule has 226 valence electrons. The maximum Gasteiger partial charge on any atom is 0.161 e. The van der Waals surface area contributed by atoms with Crippen LogP contribution in [0.4, 0.5) is 0 Å². The van der Waals surface area contributed by atoms with Gasteiger partial charge in [-0.1, -0.05) is 12.1 Å². The van der Waals surface area contributed by atoms with Gasteiger partial charge in [-0.05, 0) is 24.1 Å². The summed E-state index contributed by atoms with van der Waals surface area (Å²) in [6.45, 7) is 12.0. The van der Waals surface area contributed by atoms with E-state index in [1.54, 1.807) is 7.11 Å². The zero-order valence-electron chi connectivity index (χ0n) is 23.5. The van der Waals surface area contributed by atoms with Crippen LogP contribution in [0.15, 0.2) is 30.9 Å². The zero-order chi connectivity index (χ0) is 28.1. The van der Waals surface area contributed by atoms with Crippen molar-refractivity contribution in [3.05, 3.63) is 36.4 Å². The Labute approximate surface area is 233 Å². The highest BCUT2D eigenvalue weighted by Gasteiger charge is 2.05. The van der Waals surface area contributed by atoms with Crippen LogP contribution in [0.25, 0.3) is 0 Å². The summed E-state index contributed by atoms with van der Waals surface area (Å²) in [5.41, 5.74) is 1.12. The molecule has 0 heterocycles. The third-order valence-corrected chi connectivity index (χ3v) is 4.93. The summed E-state index contributed by atoms with van der Waals surface area (Å²) < 4.78 is 54.3. The van der Waals surface area contributed by atoms with Crippen molar-refractivity contribution in [3.63, 3.8) is 0 Å². The van der Waals surface area contributed by atoms with Crippen LogP contribution >= 0.6 is 0 Å². The average molecular weight is 561 g/mol. The van der Waals surface area contributed by atoms with Gasteiger partial charge in [0.25, 0.3) is 0 Å². The van der Waals surface area contributed by atoms with Crippen molar-refractivity contribution in [3.8, 4) is 11.5 Å². The number of rotatable bonds is 30. The topological polar surface area (TPSA) is 113 Å². The van der Waals surface area contributed by atoms with E-state index in [1.165, 1.54) is 0 Å². The molecule has 0 aliphatic rings. The van der Waals surface area contributed by atoms with Gasteiger partial charge in [-0.2, -0.15) is 0 Å². The van der Waals surface area contributed by atoms with Crippen LogP contribution in [0.1, 0.15) is 5.56 Å². The Bertz CT molecular complexity index is 675. The van der Waals surface area contributed by atoms with Gasteiger partial charge < -0.3 is 52.5 Å². The molecule has 0 saturated heterocycles. The molecule has 0 aromatic heterocycles. The number of aliphatic hydroxyl groups excluding tert-OH is 1. The minimum atomic E-state index is 0.0260. The first-order valence-electron chi connectivity index (χ1n) is 13.4. The van der Waals surface area contributed by atoms with Crippen molar-refractivity contribution in [1.82, 2.24) is 0 Å². The summed E-state index contributed by atoms with van der Waals surface area (Å²) in [4.78, 5) is 0. The van der Waals surface area contributed by atoms with E-state index in [1.807, 2.05) is 24.3 Å². The molecule has 0 spiro atoms. The second-order valence-corrected chi connectivity index (χ2v) is 7.95. The van der Waals surface area contributed by atoms with Crippen LogP contribution < -0.4 is 9.47 Å². The largest absolute Gasteiger partial charge is 0.493 e. The SMILES string of the molecule is C=CCc1ccc(OCCOCCOCCOCCOCCOCCOCCOCCOCCO)c(OC)c1. The first-order valence-corrected chi connectivity index (χ1v) is 13.4. The average Bonchev–Trinajstić information content (AvgIpc) is 2.95. The lowest BCUT2D eigenvalue weighted by atomic mass is 10.1. The highest BCUT2D eigenvalue weighted by molar-refractivity contribution is 5.43. The molecule has 1 N–H and O–H groups in total. The number of hydrogen-bond acceptors (Lipinski definition) is 11. The highest BCUT2D eigenvalue weighted by Crippen LogP contribution is 2.28. The van der Waals surface area contributed by atoms with Gasteiger partial charge in [0, 0.05) is 0 Å². The van der Waals surface area contributed by atoms with E-state index >= 15 is 0 Å². The van der Waals surface area contributed by atoms with E-state index in [-0.39, 0.29) is 6.61 Å². The fourth-order valence-electron chi connectivity index (χ4n) is 3.04. The number of benzene rings is 1. The lowest BCUT2D eigenvalue weighted by Gasteiger charge is -2.12. The fourth-order valence-corrected chi connectivity index (χ4v) is 3.04. The number of methoxy groups -OCH3 is 1. The molecule has 0 radical (unpaired) electrons. The Kier molecular flexibility index (Phi) is 25.1. The van der Waals surface area contributed by atoms with E-state index in [0.717, 1.165) is 12.0 Å². The lowest BCUT2D eigenvalue weighted by molar-refractivity contribution is -0.0243. The molecule has 0 amide bonds. The molecule has 0 saturated carbocycles. The molecule has 1 aromatic rings. The minimum absolute atomic E-state index is 0.0260. The van der Waals surface area contributed by atoms with Crippen molar-refractivity contribution >= 4 is 0 Å². The van der Waals surface area contributed by atoms with Gasteiger partial charge in [-0.3, -0.25) is 0 Å². The molecule has 39 heavy (non-hydrogen) atoms. The maximum absolute atomic E-state index is 8.57. The van der Waals surface area contributed by atoms with Crippen molar-refractivity contribution in [1.29, 1.82) is 0 Å². The molecule has 0 aliphatic carbocycles. The summed E-state index contributed by atoms with van der Waals surface area (Å²) in [5, 5.41) is 8.57. The summed E-state index contributed by atoms with van der Waals surface area (Å²) >= 11 is 0. The summed E-state index contributed by atoms with van der Waals surface area (Å²) in [7, 11) is 1.63. The number of allylic oxidation sites excluding steroid dienone is 1. The normalized spacial score (nSPS) is 11.1. The Morgan fingerprint density at radius 2 is 0.949 bits per heavy atom. The van der Waals surface area contributed by atoms with Gasteiger partial charge in [0.2, 0.25) is 0 Å². The second kappa shape index (κ2) is 27.8. The lowest BCUT2D eigenvalue weighted by Crippen LogP contribution is -2.15. The quantitative estimate of drug-likeness (QED) is 0.110. The third kappa shape index (κ3) is 21.7. The first kappa shape index (κ1) is 35.2. The molecule has 11 heteroatoms. The smallest absolute Gasteiger partial charge is 0.161 e. The molecule has 0 fully saturated rings. The predicted octanol–water partition coefficient (Wildman–Crippen LogP) is 1.93. The second-order valence-electron chi connectivity index (χ2n) is 7.95. The standard InChI is InChI=1S/C28H48O11/c1-3-4-26-5-6-27(28(25-26)30-2)39-24-23-38-22-21-37-20-19-36-18-17-35-16-15-34-14-13-33-12-11-32-10-9-31-8-7-29/h3,5-6,25,29H,1,4,7-24H2,2H3. The van der Waals surface area contributed by atoms with Crippen LogP contribution in [-0.2, 0) is 44.3 Å². The van der Waals surface area contributed by atoms with Gasteiger partial charge in [0.15, 0.2) is 11.5 Å². The van der Waals surface area contributed by atoms with Crippen molar-refractivity contribution in [2.75, 3.05) is 126 Å². The Morgan fingerprint density at radius 1 is 0.564 bits per heavy atom. The first-order chi connectivity index (χ1) is 19.3. The molecule has 0 aliphatic heterocycles. The summed E-state index contributed by atoms with van der Waals surface area (Å²) in [6.07, 6.45) is 2.64. The predicted molar refractivity (Wildman–Crippen MR) is 146 cm³/mol.